The molecule has 4 rings (SSSR count). The van der Waals surface area contributed by atoms with Crippen molar-refractivity contribution in [3.63, 3.8) is 0 Å². The third-order valence-corrected chi connectivity index (χ3v) is 6.34. The zero-order valence-electron chi connectivity index (χ0n) is 16.7. The molecule has 0 saturated carbocycles. The van der Waals surface area contributed by atoms with E-state index in [4.69, 9.17) is 0 Å². The smallest absolute Gasteiger partial charge is 0.290 e. The molecule has 1 unspecified atom stereocenters. The van der Waals surface area contributed by atoms with Crippen LogP contribution >= 0.6 is 11.3 Å². The standard InChI is InChI=1S/C25H23NO3S/c1-17-8-5-6-12-20(17)23-22(21(27)14-13-18-9-3-2-4-10-18)24(28)25(29)26(23)16-19-11-7-15-30-19/h2-12,15,23,28H,13-14,16H2,1H3. The second-order valence-electron chi connectivity index (χ2n) is 7.44. The van der Waals surface area contributed by atoms with Crippen LogP contribution in [0, 0.1) is 6.92 Å². The van der Waals surface area contributed by atoms with E-state index in [0.29, 0.717) is 13.0 Å². The van der Waals surface area contributed by atoms with Gasteiger partial charge >= 0.3 is 0 Å². The number of rotatable bonds is 7. The molecule has 4 nitrogen and oxygen atoms in total. The monoisotopic (exact) mass is 417 g/mol. The van der Waals surface area contributed by atoms with Gasteiger partial charge in [0.1, 0.15) is 0 Å². The quantitative estimate of drug-likeness (QED) is 0.578. The van der Waals surface area contributed by atoms with Crippen molar-refractivity contribution in [1.82, 2.24) is 4.90 Å². The number of aliphatic hydroxyl groups excluding tert-OH is 1. The van der Waals surface area contributed by atoms with E-state index in [-0.39, 0.29) is 17.8 Å². The van der Waals surface area contributed by atoms with Gasteiger partial charge in [-0.25, -0.2) is 0 Å². The highest BCUT2D eigenvalue weighted by molar-refractivity contribution is 7.09. The van der Waals surface area contributed by atoms with Gasteiger partial charge in [-0.3, -0.25) is 9.59 Å². The highest BCUT2D eigenvalue weighted by Gasteiger charge is 2.43. The number of aliphatic hydroxyl groups is 1. The third kappa shape index (κ3) is 3.94. The zero-order chi connectivity index (χ0) is 21.1. The number of aryl methyl sites for hydroxylation is 2. The molecule has 5 heteroatoms. The average molecular weight is 418 g/mol. The summed E-state index contributed by atoms with van der Waals surface area (Å²) in [6.45, 7) is 2.32. The first kappa shape index (κ1) is 20.1. The Kier molecular flexibility index (Phi) is 5.81. The number of carbonyl (C=O) groups excluding carboxylic acids is 2. The van der Waals surface area contributed by atoms with E-state index in [2.05, 4.69) is 0 Å². The molecule has 1 atom stereocenters. The molecule has 3 aromatic rings. The topological polar surface area (TPSA) is 57.6 Å². The lowest BCUT2D eigenvalue weighted by Gasteiger charge is -2.27. The van der Waals surface area contributed by atoms with Crippen LogP contribution in [0.25, 0.3) is 0 Å². The van der Waals surface area contributed by atoms with Gasteiger partial charge in [-0.15, -0.1) is 11.3 Å². The molecule has 0 aliphatic carbocycles. The molecule has 2 heterocycles. The minimum atomic E-state index is -0.580. The minimum absolute atomic E-state index is 0.188. The van der Waals surface area contributed by atoms with Crippen LogP contribution in [0.3, 0.4) is 0 Å². The van der Waals surface area contributed by atoms with Crippen LogP contribution in [0.15, 0.2) is 83.4 Å². The van der Waals surface area contributed by atoms with E-state index < -0.39 is 17.7 Å². The molecule has 1 N–H and O–H groups in total. The molecule has 0 fully saturated rings. The summed E-state index contributed by atoms with van der Waals surface area (Å²) in [4.78, 5) is 28.8. The number of nitrogens with zero attached hydrogens (tertiary/aromatic N) is 1. The van der Waals surface area contributed by atoms with Gasteiger partial charge in [0.05, 0.1) is 18.2 Å². The van der Waals surface area contributed by atoms with Gasteiger partial charge in [0.15, 0.2) is 11.5 Å². The van der Waals surface area contributed by atoms with E-state index in [1.807, 2.05) is 79.0 Å². The van der Waals surface area contributed by atoms with E-state index >= 15 is 0 Å². The van der Waals surface area contributed by atoms with Crippen LogP contribution in [-0.4, -0.2) is 21.7 Å². The predicted octanol–water partition coefficient (Wildman–Crippen LogP) is 5.15. The summed E-state index contributed by atoms with van der Waals surface area (Å²) in [6.07, 6.45) is 0.808. The minimum Gasteiger partial charge on any atom is -0.503 e. The van der Waals surface area contributed by atoms with E-state index in [1.54, 1.807) is 16.2 Å². The Hall–Kier alpha value is -3.18. The molecule has 2 aromatic carbocycles. The first-order chi connectivity index (χ1) is 14.6. The van der Waals surface area contributed by atoms with Crippen molar-refractivity contribution in [1.29, 1.82) is 0 Å². The van der Waals surface area contributed by atoms with Crippen molar-refractivity contribution in [2.75, 3.05) is 0 Å². The fourth-order valence-electron chi connectivity index (χ4n) is 3.93. The lowest BCUT2D eigenvalue weighted by Crippen LogP contribution is -2.30. The number of benzene rings is 2. The van der Waals surface area contributed by atoms with Crippen LogP contribution < -0.4 is 0 Å². The SMILES string of the molecule is Cc1ccccc1C1C(C(=O)CCc2ccccc2)=C(O)C(=O)N1Cc1cccs1. The van der Waals surface area contributed by atoms with Gasteiger partial charge in [0.25, 0.3) is 5.91 Å². The Morgan fingerprint density at radius 1 is 1.03 bits per heavy atom. The molecule has 30 heavy (non-hydrogen) atoms. The van der Waals surface area contributed by atoms with E-state index in [1.165, 1.54) is 0 Å². The van der Waals surface area contributed by atoms with Crippen LogP contribution in [0.4, 0.5) is 0 Å². The Labute approximate surface area is 180 Å². The second-order valence-corrected chi connectivity index (χ2v) is 8.47. The molecule has 0 bridgehead atoms. The summed E-state index contributed by atoms with van der Waals surface area (Å²) >= 11 is 1.55. The van der Waals surface area contributed by atoms with Crippen molar-refractivity contribution in [3.05, 3.63) is 105 Å². The molecular weight excluding hydrogens is 394 g/mol. The zero-order valence-corrected chi connectivity index (χ0v) is 17.6. The molecular formula is C25H23NO3S. The predicted molar refractivity (Wildman–Crippen MR) is 118 cm³/mol. The number of thiophene rings is 1. The molecule has 0 saturated heterocycles. The highest BCUT2D eigenvalue weighted by atomic mass is 32.1. The Morgan fingerprint density at radius 3 is 2.47 bits per heavy atom. The lowest BCUT2D eigenvalue weighted by molar-refractivity contribution is -0.130. The first-order valence-corrected chi connectivity index (χ1v) is 10.8. The van der Waals surface area contributed by atoms with Gasteiger partial charge in [0, 0.05) is 11.3 Å². The summed E-state index contributed by atoms with van der Waals surface area (Å²) in [5.41, 5.74) is 3.11. The normalized spacial score (nSPS) is 16.4. The maximum Gasteiger partial charge on any atom is 0.290 e. The van der Waals surface area contributed by atoms with E-state index in [9.17, 15) is 14.7 Å². The molecule has 152 valence electrons. The third-order valence-electron chi connectivity index (χ3n) is 5.48. The fraction of sp³-hybridized carbons (Fsp3) is 0.200. The van der Waals surface area contributed by atoms with Gasteiger partial charge < -0.3 is 10.0 Å². The second kappa shape index (κ2) is 8.67. The molecule has 1 aliphatic heterocycles. The maximum absolute atomic E-state index is 13.2. The average Bonchev–Trinajstić information content (AvgIpc) is 3.36. The summed E-state index contributed by atoms with van der Waals surface area (Å²) in [6, 6.07) is 20.8. The number of hydrogen-bond acceptors (Lipinski definition) is 4. The Balaban J connectivity index is 1.68. The largest absolute Gasteiger partial charge is 0.503 e. The van der Waals surface area contributed by atoms with Crippen molar-refractivity contribution in [3.8, 4) is 0 Å². The summed E-state index contributed by atoms with van der Waals surface area (Å²) in [5.74, 6) is -1.09. The summed E-state index contributed by atoms with van der Waals surface area (Å²) < 4.78 is 0. The van der Waals surface area contributed by atoms with Crippen molar-refractivity contribution >= 4 is 23.0 Å². The maximum atomic E-state index is 13.2. The van der Waals surface area contributed by atoms with Crippen LogP contribution in [0.1, 0.15) is 34.0 Å². The highest BCUT2D eigenvalue weighted by Crippen LogP contribution is 2.40. The summed E-state index contributed by atoms with van der Waals surface area (Å²) in [7, 11) is 0. The lowest BCUT2D eigenvalue weighted by atomic mass is 9.91. The fourth-order valence-corrected chi connectivity index (χ4v) is 4.63. The Bertz CT molecular complexity index is 1090. The molecule has 1 aromatic heterocycles. The van der Waals surface area contributed by atoms with Crippen molar-refractivity contribution in [2.45, 2.75) is 32.4 Å². The van der Waals surface area contributed by atoms with Crippen LogP contribution in [0.5, 0.6) is 0 Å². The number of amides is 1. The first-order valence-electron chi connectivity index (χ1n) is 9.95. The van der Waals surface area contributed by atoms with Gasteiger partial charge in [-0.05, 0) is 41.5 Å². The molecule has 1 aliphatic rings. The van der Waals surface area contributed by atoms with E-state index in [0.717, 1.165) is 21.6 Å². The van der Waals surface area contributed by atoms with Crippen LogP contribution in [0.2, 0.25) is 0 Å². The van der Waals surface area contributed by atoms with Crippen LogP contribution in [-0.2, 0) is 22.6 Å². The Morgan fingerprint density at radius 2 is 1.77 bits per heavy atom. The molecule has 1 amide bonds. The van der Waals surface area contributed by atoms with Crippen molar-refractivity contribution in [2.24, 2.45) is 0 Å². The number of hydrogen-bond donors (Lipinski definition) is 1. The molecule has 0 radical (unpaired) electrons. The number of carbonyl (C=O) groups is 2. The number of Topliss-reactive ketones (excluding diaryl/α,β-unsaturated/α-hetero) is 1. The summed E-state index contributed by atoms with van der Waals surface area (Å²) in [5, 5.41) is 12.7. The van der Waals surface area contributed by atoms with Gasteiger partial charge in [0.2, 0.25) is 0 Å². The van der Waals surface area contributed by atoms with Gasteiger partial charge in [-0.1, -0.05) is 60.7 Å². The van der Waals surface area contributed by atoms with Gasteiger partial charge in [-0.2, -0.15) is 0 Å². The molecule has 0 spiro atoms. The number of ketones is 1. The van der Waals surface area contributed by atoms with Crippen molar-refractivity contribution < 1.29 is 14.7 Å².